The van der Waals surface area contributed by atoms with Crippen LogP contribution in [-0.2, 0) is 0 Å². The molecule has 0 spiro atoms. The number of hydrogen-bond acceptors (Lipinski definition) is 4. The van der Waals surface area contributed by atoms with Crippen molar-refractivity contribution in [3.8, 4) is 11.5 Å². The van der Waals surface area contributed by atoms with E-state index in [1.807, 2.05) is 66.5 Å². The highest BCUT2D eigenvalue weighted by atomic mass is 16.5. The molecule has 4 nitrogen and oxygen atoms in total. The maximum atomic E-state index is 9.62. The summed E-state index contributed by atoms with van der Waals surface area (Å²) in [6, 6.07) is 17.5. The number of likely N-dealkylation sites (N-methyl/N-ethyl adjacent to an activating group) is 1. The second kappa shape index (κ2) is 6.67. The van der Waals surface area contributed by atoms with Crippen molar-refractivity contribution in [2.75, 3.05) is 18.5 Å². The predicted molar refractivity (Wildman–Crippen MR) is 93.2 cm³/mol. The van der Waals surface area contributed by atoms with Crippen LogP contribution >= 0.6 is 0 Å². The molecule has 1 aromatic heterocycles. The molecule has 0 aliphatic heterocycles. The second-order valence-electron chi connectivity index (χ2n) is 5.65. The summed E-state index contributed by atoms with van der Waals surface area (Å²) < 4.78 is 5.91. The van der Waals surface area contributed by atoms with Crippen LogP contribution in [0, 0.1) is 0 Å². The van der Waals surface area contributed by atoms with Gasteiger partial charge in [-0.2, -0.15) is 0 Å². The van der Waals surface area contributed by atoms with Gasteiger partial charge in [0.2, 0.25) is 0 Å². The minimum atomic E-state index is -0.396. The number of benzene rings is 2. The molecule has 3 aromatic rings. The van der Waals surface area contributed by atoms with Crippen molar-refractivity contribution in [2.24, 2.45) is 0 Å². The van der Waals surface area contributed by atoms with Crippen LogP contribution in [-0.4, -0.2) is 29.8 Å². The van der Waals surface area contributed by atoms with Gasteiger partial charge in [0.1, 0.15) is 11.5 Å². The third kappa shape index (κ3) is 3.60. The van der Waals surface area contributed by atoms with Crippen LogP contribution in [0.3, 0.4) is 0 Å². The van der Waals surface area contributed by atoms with Gasteiger partial charge >= 0.3 is 0 Å². The van der Waals surface area contributed by atoms with Crippen LogP contribution in [0.2, 0.25) is 0 Å². The van der Waals surface area contributed by atoms with Crippen molar-refractivity contribution in [2.45, 2.75) is 13.0 Å². The van der Waals surface area contributed by atoms with Gasteiger partial charge in [-0.25, -0.2) is 0 Å². The number of nitrogens with zero attached hydrogens (tertiary/aromatic N) is 2. The summed E-state index contributed by atoms with van der Waals surface area (Å²) in [6.45, 7) is 2.34. The van der Waals surface area contributed by atoms with Crippen molar-refractivity contribution in [1.29, 1.82) is 0 Å². The molecule has 1 heterocycles. The lowest BCUT2D eigenvalue weighted by atomic mass is 10.1. The Kier molecular flexibility index (Phi) is 4.44. The van der Waals surface area contributed by atoms with Gasteiger partial charge in [-0.1, -0.05) is 18.2 Å². The van der Waals surface area contributed by atoms with E-state index in [2.05, 4.69) is 4.98 Å². The van der Waals surface area contributed by atoms with Crippen molar-refractivity contribution in [3.63, 3.8) is 0 Å². The molecule has 118 valence electrons. The molecule has 0 saturated heterocycles. The first-order chi connectivity index (χ1) is 11.1. The summed E-state index contributed by atoms with van der Waals surface area (Å²) in [5, 5.41) is 10.6. The lowest BCUT2D eigenvalue weighted by Gasteiger charge is -2.22. The molecule has 0 saturated carbocycles. The van der Waals surface area contributed by atoms with Crippen molar-refractivity contribution >= 4 is 16.6 Å². The standard InChI is InChI=1S/C19H20N2O2/c1-14(22)13-21(2)19-10-11-20-18-9-8-16(12-17(18)19)23-15-6-4-3-5-7-15/h3-12,14,22H,13H2,1-2H3. The number of aliphatic hydroxyl groups is 1. The zero-order valence-electron chi connectivity index (χ0n) is 13.3. The van der Waals surface area contributed by atoms with Crippen molar-refractivity contribution in [1.82, 2.24) is 4.98 Å². The Morgan fingerprint density at radius 3 is 2.61 bits per heavy atom. The van der Waals surface area contributed by atoms with Gasteiger partial charge in [0, 0.05) is 30.9 Å². The van der Waals surface area contributed by atoms with Gasteiger partial charge in [0.15, 0.2) is 0 Å². The SMILES string of the molecule is CC(O)CN(C)c1ccnc2ccc(Oc3ccccc3)cc12. The lowest BCUT2D eigenvalue weighted by molar-refractivity contribution is 0.201. The summed E-state index contributed by atoms with van der Waals surface area (Å²) in [6.07, 6.45) is 1.39. The molecule has 1 unspecified atom stereocenters. The normalized spacial score (nSPS) is 12.1. The molecule has 1 atom stereocenters. The highest BCUT2D eigenvalue weighted by Crippen LogP contribution is 2.30. The van der Waals surface area contributed by atoms with Crippen LogP contribution in [0.4, 0.5) is 5.69 Å². The molecule has 4 heteroatoms. The summed E-state index contributed by atoms with van der Waals surface area (Å²) in [7, 11) is 1.96. The van der Waals surface area contributed by atoms with Crippen LogP contribution in [0.25, 0.3) is 10.9 Å². The Morgan fingerprint density at radius 2 is 1.87 bits per heavy atom. The van der Waals surface area contributed by atoms with Crippen LogP contribution in [0.15, 0.2) is 60.8 Å². The van der Waals surface area contributed by atoms with E-state index in [1.165, 1.54) is 0 Å². The molecule has 0 bridgehead atoms. The molecule has 3 rings (SSSR count). The van der Waals surface area contributed by atoms with E-state index in [0.29, 0.717) is 6.54 Å². The fourth-order valence-corrected chi connectivity index (χ4v) is 2.63. The van der Waals surface area contributed by atoms with E-state index in [4.69, 9.17) is 4.74 Å². The summed E-state index contributed by atoms with van der Waals surface area (Å²) in [4.78, 5) is 6.44. The zero-order valence-corrected chi connectivity index (χ0v) is 13.3. The van der Waals surface area contributed by atoms with Crippen LogP contribution < -0.4 is 9.64 Å². The van der Waals surface area contributed by atoms with Gasteiger partial charge in [0.25, 0.3) is 0 Å². The van der Waals surface area contributed by atoms with E-state index in [9.17, 15) is 5.11 Å². The van der Waals surface area contributed by atoms with Gasteiger partial charge < -0.3 is 14.7 Å². The molecular formula is C19H20N2O2. The molecule has 2 aromatic carbocycles. The average Bonchev–Trinajstić information content (AvgIpc) is 2.54. The molecule has 23 heavy (non-hydrogen) atoms. The fourth-order valence-electron chi connectivity index (χ4n) is 2.63. The van der Waals surface area contributed by atoms with Crippen LogP contribution in [0.1, 0.15) is 6.92 Å². The van der Waals surface area contributed by atoms with Crippen molar-refractivity contribution < 1.29 is 9.84 Å². The first-order valence-corrected chi connectivity index (χ1v) is 7.64. The number of aliphatic hydroxyl groups excluding tert-OH is 1. The molecular weight excluding hydrogens is 288 g/mol. The molecule has 1 N–H and O–H groups in total. The summed E-state index contributed by atoms with van der Waals surface area (Å²) in [5.41, 5.74) is 1.93. The molecule has 0 aliphatic carbocycles. The molecule has 0 amide bonds. The maximum absolute atomic E-state index is 9.62. The Hall–Kier alpha value is -2.59. The third-order valence-corrected chi connectivity index (χ3v) is 3.62. The number of fused-ring (bicyclic) bond motifs is 1. The van der Waals surface area contributed by atoms with Gasteiger partial charge in [-0.15, -0.1) is 0 Å². The maximum Gasteiger partial charge on any atom is 0.128 e. The number of hydrogen-bond donors (Lipinski definition) is 1. The van der Waals surface area contributed by atoms with Gasteiger partial charge in [-0.3, -0.25) is 4.98 Å². The molecule has 0 radical (unpaired) electrons. The van der Waals surface area contributed by atoms with E-state index < -0.39 is 6.10 Å². The smallest absolute Gasteiger partial charge is 0.128 e. The Bertz CT molecular complexity index is 788. The van der Waals surface area contributed by atoms with E-state index in [-0.39, 0.29) is 0 Å². The topological polar surface area (TPSA) is 45.6 Å². The van der Waals surface area contributed by atoms with E-state index >= 15 is 0 Å². The average molecular weight is 308 g/mol. The molecule has 0 fully saturated rings. The summed E-state index contributed by atoms with van der Waals surface area (Å²) >= 11 is 0. The van der Waals surface area contributed by atoms with Gasteiger partial charge in [-0.05, 0) is 43.3 Å². The minimum Gasteiger partial charge on any atom is -0.457 e. The number of aromatic nitrogens is 1. The Morgan fingerprint density at radius 1 is 1.09 bits per heavy atom. The van der Waals surface area contributed by atoms with Crippen LogP contribution in [0.5, 0.6) is 11.5 Å². The number of anilines is 1. The summed E-state index contributed by atoms with van der Waals surface area (Å²) in [5.74, 6) is 1.57. The van der Waals surface area contributed by atoms with Gasteiger partial charge in [0.05, 0.1) is 11.6 Å². The predicted octanol–water partition coefficient (Wildman–Crippen LogP) is 3.84. The Labute approximate surface area is 136 Å². The largest absolute Gasteiger partial charge is 0.457 e. The quantitative estimate of drug-likeness (QED) is 0.778. The third-order valence-electron chi connectivity index (χ3n) is 3.62. The highest BCUT2D eigenvalue weighted by Gasteiger charge is 2.10. The first kappa shape index (κ1) is 15.3. The monoisotopic (exact) mass is 308 g/mol. The highest BCUT2D eigenvalue weighted by molar-refractivity contribution is 5.92. The number of pyridine rings is 1. The second-order valence-corrected chi connectivity index (χ2v) is 5.65. The van der Waals surface area contributed by atoms with E-state index in [1.54, 1.807) is 13.1 Å². The molecule has 0 aliphatic rings. The zero-order chi connectivity index (χ0) is 16.2. The minimum absolute atomic E-state index is 0.396. The fraction of sp³-hybridized carbons (Fsp3) is 0.211. The van der Waals surface area contributed by atoms with Crippen molar-refractivity contribution in [3.05, 3.63) is 60.8 Å². The first-order valence-electron chi connectivity index (χ1n) is 7.64. The van der Waals surface area contributed by atoms with E-state index in [0.717, 1.165) is 28.1 Å². The number of para-hydroxylation sites is 1. The lowest BCUT2D eigenvalue weighted by Crippen LogP contribution is -2.27. The Balaban J connectivity index is 1.97. The number of ether oxygens (including phenoxy) is 1. The number of rotatable bonds is 5.